The summed E-state index contributed by atoms with van der Waals surface area (Å²) in [6.07, 6.45) is 1.94. The van der Waals surface area contributed by atoms with Crippen LogP contribution >= 0.6 is 11.6 Å². The number of aryl methyl sites for hydroxylation is 1. The number of rotatable bonds is 4. The van der Waals surface area contributed by atoms with E-state index in [9.17, 15) is 18.3 Å². The number of carbonyl (C=O) groups is 1. The van der Waals surface area contributed by atoms with Crippen LogP contribution in [0, 0.1) is 5.41 Å². The smallest absolute Gasteiger partial charge is 0.311 e. The number of hydrogen-bond acceptors (Lipinski definition) is 4. The summed E-state index contributed by atoms with van der Waals surface area (Å²) in [5.74, 6) is -0.964. The zero-order valence-electron chi connectivity index (χ0n) is 11.2. The predicted molar refractivity (Wildman–Crippen MR) is 72.0 cm³/mol. The van der Waals surface area contributed by atoms with Gasteiger partial charge < -0.3 is 5.11 Å². The van der Waals surface area contributed by atoms with E-state index in [1.165, 1.54) is 22.2 Å². The second kappa shape index (κ2) is 5.01. The van der Waals surface area contributed by atoms with Gasteiger partial charge in [0.15, 0.2) is 5.03 Å². The molecule has 1 aliphatic rings. The Bertz CT molecular complexity index is 623. The molecule has 1 aromatic heterocycles. The summed E-state index contributed by atoms with van der Waals surface area (Å²) in [7, 11) is -2.35. The van der Waals surface area contributed by atoms with E-state index in [-0.39, 0.29) is 23.1 Å². The lowest BCUT2D eigenvalue weighted by Gasteiger charge is -2.22. The lowest BCUT2D eigenvalue weighted by molar-refractivity contribution is -0.148. The Morgan fingerprint density at radius 3 is 2.65 bits per heavy atom. The molecule has 7 nitrogen and oxygen atoms in total. The molecular formula is C11H16ClN3O4S. The summed E-state index contributed by atoms with van der Waals surface area (Å²) >= 11 is 5.87. The van der Waals surface area contributed by atoms with Gasteiger partial charge in [-0.15, -0.1) is 0 Å². The van der Waals surface area contributed by atoms with Gasteiger partial charge in [0.05, 0.1) is 16.6 Å². The molecule has 9 heteroatoms. The second-order valence-electron chi connectivity index (χ2n) is 4.95. The number of carboxylic acids is 1. The minimum absolute atomic E-state index is 0.0387. The van der Waals surface area contributed by atoms with E-state index in [1.807, 2.05) is 0 Å². The highest BCUT2D eigenvalue weighted by molar-refractivity contribution is 7.89. The normalized spacial score (nSPS) is 24.1. The van der Waals surface area contributed by atoms with Crippen LogP contribution in [0.2, 0.25) is 5.02 Å². The Morgan fingerprint density at radius 1 is 1.60 bits per heavy atom. The highest BCUT2D eigenvalue weighted by atomic mass is 35.5. The van der Waals surface area contributed by atoms with Crippen molar-refractivity contribution in [3.05, 3.63) is 11.2 Å². The Morgan fingerprint density at radius 2 is 2.25 bits per heavy atom. The third-order valence-electron chi connectivity index (χ3n) is 3.88. The highest BCUT2D eigenvalue weighted by Crippen LogP contribution is 2.37. The molecule has 1 fully saturated rings. The van der Waals surface area contributed by atoms with E-state index in [4.69, 9.17) is 11.6 Å². The lowest BCUT2D eigenvalue weighted by Crippen LogP contribution is -2.37. The van der Waals surface area contributed by atoms with Crippen LogP contribution in [0.25, 0.3) is 0 Å². The first-order chi connectivity index (χ1) is 9.24. The monoisotopic (exact) mass is 321 g/mol. The van der Waals surface area contributed by atoms with Crippen LogP contribution in [0.1, 0.15) is 19.8 Å². The van der Waals surface area contributed by atoms with Crippen molar-refractivity contribution in [1.29, 1.82) is 0 Å². The van der Waals surface area contributed by atoms with Crippen LogP contribution < -0.4 is 0 Å². The molecule has 2 rings (SSSR count). The first-order valence-corrected chi connectivity index (χ1v) is 7.97. The Hall–Kier alpha value is -1.12. The minimum atomic E-state index is -3.83. The Kier molecular flexibility index (Phi) is 3.83. The molecule has 0 radical (unpaired) electrons. The molecular weight excluding hydrogens is 306 g/mol. The third-order valence-corrected chi connectivity index (χ3v) is 6.23. The van der Waals surface area contributed by atoms with Crippen LogP contribution in [-0.2, 0) is 21.9 Å². The molecule has 1 N–H and O–H groups in total. The predicted octanol–water partition coefficient (Wildman–Crippen LogP) is 0.949. The van der Waals surface area contributed by atoms with Crippen molar-refractivity contribution in [3.8, 4) is 0 Å². The van der Waals surface area contributed by atoms with Gasteiger partial charge in [0.25, 0.3) is 10.0 Å². The molecule has 20 heavy (non-hydrogen) atoms. The summed E-state index contributed by atoms with van der Waals surface area (Å²) in [5.41, 5.74) is -1.02. The zero-order valence-corrected chi connectivity index (χ0v) is 12.8. The van der Waals surface area contributed by atoms with Gasteiger partial charge in [-0.25, -0.2) is 8.42 Å². The van der Waals surface area contributed by atoms with Crippen molar-refractivity contribution < 1.29 is 18.3 Å². The molecule has 0 amide bonds. The standard InChI is InChI=1S/C11H16ClN3O4S/c1-3-11(10(16)17)4-5-15(7-11)20(18,19)9-8(12)6-13-14(9)2/h6H,3-5,7H2,1-2H3,(H,16,17). The van der Waals surface area contributed by atoms with E-state index >= 15 is 0 Å². The van der Waals surface area contributed by atoms with Crippen LogP contribution in [-0.4, -0.2) is 46.7 Å². The van der Waals surface area contributed by atoms with Gasteiger partial charge in [-0.3, -0.25) is 9.48 Å². The number of hydrogen-bond donors (Lipinski definition) is 1. The SMILES string of the molecule is CCC1(C(=O)O)CCN(S(=O)(=O)c2c(Cl)cnn2C)C1. The fourth-order valence-corrected chi connectivity index (χ4v) is 4.60. The molecule has 112 valence electrons. The van der Waals surface area contributed by atoms with Crippen molar-refractivity contribution >= 4 is 27.6 Å². The van der Waals surface area contributed by atoms with Crippen LogP contribution in [0.4, 0.5) is 0 Å². The van der Waals surface area contributed by atoms with Crippen molar-refractivity contribution in [2.45, 2.75) is 24.8 Å². The largest absolute Gasteiger partial charge is 0.481 e. The van der Waals surface area contributed by atoms with Gasteiger partial charge in [0, 0.05) is 20.1 Å². The van der Waals surface area contributed by atoms with E-state index < -0.39 is 21.4 Å². The number of nitrogens with zero attached hydrogens (tertiary/aromatic N) is 3. The first-order valence-electron chi connectivity index (χ1n) is 6.15. The summed E-state index contributed by atoms with van der Waals surface area (Å²) in [5, 5.41) is 13.1. The van der Waals surface area contributed by atoms with Gasteiger partial charge in [-0.2, -0.15) is 9.40 Å². The van der Waals surface area contributed by atoms with Crippen molar-refractivity contribution in [1.82, 2.24) is 14.1 Å². The van der Waals surface area contributed by atoms with E-state index in [2.05, 4.69) is 5.10 Å². The molecule has 1 aliphatic heterocycles. The molecule has 0 saturated carbocycles. The molecule has 1 unspecified atom stereocenters. The molecule has 1 aromatic rings. The van der Waals surface area contributed by atoms with E-state index in [0.29, 0.717) is 12.8 Å². The lowest BCUT2D eigenvalue weighted by atomic mass is 9.85. The van der Waals surface area contributed by atoms with Crippen molar-refractivity contribution in [3.63, 3.8) is 0 Å². The van der Waals surface area contributed by atoms with Gasteiger partial charge in [0.1, 0.15) is 0 Å². The molecule has 0 aliphatic carbocycles. The Balaban J connectivity index is 2.37. The summed E-state index contributed by atoms with van der Waals surface area (Å²) in [6, 6.07) is 0. The molecule has 1 saturated heterocycles. The fourth-order valence-electron chi connectivity index (χ4n) is 2.47. The molecule has 0 aromatic carbocycles. The maximum Gasteiger partial charge on any atom is 0.311 e. The molecule has 2 heterocycles. The van der Waals surface area contributed by atoms with Crippen LogP contribution in [0.5, 0.6) is 0 Å². The number of sulfonamides is 1. The van der Waals surface area contributed by atoms with Crippen molar-refractivity contribution in [2.75, 3.05) is 13.1 Å². The summed E-state index contributed by atoms with van der Waals surface area (Å²) < 4.78 is 27.5. The van der Waals surface area contributed by atoms with Gasteiger partial charge in [0.2, 0.25) is 0 Å². The van der Waals surface area contributed by atoms with Crippen molar-refractivity contribution in [2.24, 2.45) is 12.5 Å². The molecule has 0 bridgehead atoms. The third kappa shape index (κ3) is 2.21. The maximum absolute atomic E-state index is 12.6. The summed E-state index contributed by atoms with van der Waals surface area (Å²) in [4.78, 5) is 11.4. The number of aliphatic carboxylic acids is 1. The Labute approximate surface area is 122 Å². The summed E-state index contributed by atoms with van der Waals surface area (Å²) in [6.45, 7) is 1.88. The van der Waals surface area contributed by atoms with E-state index in [1.54, 1.807) is 6.92 Å². The fraction of sp³-hybridized carbons (Fsp3) is 0.636. The number of carboxylic acid groups (broad SMARTS) is 1. The second-order valence-corrected chi connectivity index (χ2v) is 7.21. The van der Waals surface area contributed by atoms with Gasteiger partial charge in [-0.1, -0.05) is 18.5 Å². The number of halogens is 1. The zero-order chi connectivity index (χ0) is 15.1. The van der Waals surface area contributed by atoms with E-state index in [0.717, 1.165) is 0 Å². The molecule has 1 atom stereocenters. The van der Waals surface area contributed by atoms with Gasteiger partial charge in [-0.05, 0) is 12.8 Å². The first kappa shape index (κ1) is 15.3. The van der Waals surface area contributed by atoms with Crippen LogP contribution in [0.3, 0.4) is 0 Å². The topological polar surface area (TPSA) is 92.5 Å². The highest BCUT2D eigenvalue weighted by Gasteiger charge is 2.48. The quantitative estimate of drug-likeness (QED) is 0.891. The van der Waals surface area contributed by atoms with Gasteiger partial charge >= 0.3 is 5.97 Å². The number of aromatic nitrogens is 2. The maximum atomic E-state index is 12.6. The average molecular weight is 322 g/mol. The molecule has 0 spiro atoms. The van der Waals surface area contributed by atoms with Crippen LogP contribution in [0.15, 0.2) is 11.2 Å². The average Bonchev–Trinajstić information content (AvgIpc) is 2.95. The minimum Gasteiger partial charge on any atom is -0.481 e.